The topological polar surface area (TPSA) is 61.5 Å². The second-order valence-electron chi connectivity index (χ2n) is 4.74. The van der Waals surface area contributed by atoms with Gasteiger partial charge in [-0.05, 0) is 31.0 Å². The number of carbonyl (C=O) groups excluding carboxylic acids is 1. The maximum absolute atomic E-state index is 11.4. The van der Waals surface area contributed by atoms with Crippen LogP contribution in [-0.4, -0.2) is 19.2 Å². The second-order valence-corrected chi connectivity index (χ2v) is 4.74. The van der Waals surface area contributed by atoms with E-state index in [0.717, 1.165) is 24.3 Å². The van der Waals surface area contributed by atoms with E-state index in [9.17, 15) is 4.79 Å². The van der Waals surface area contributed by atoms with Crippen molar-refractivity contribution in [2.75, 3.05) is 13.2 Å². The molecular weight excluding hydrogens is 254 g/mol. The minimum atomic E-state index is -0.330. The summed E-state index contributed by atoms with van der Waals surface area (Å²) < 4.78 is 10.5. The van der Waals surface area contributed by atoms with Crippen molar-refractivity contribution in [2.45, 2.75) is 45.6 Å². The Labute approximate surface area is 121 Å². The Balaban J connectivity index is 2.42. The predicted octanol–water partition coefficient (Wildman–Crippen LogP) is 3.21. The molecule has 1 rings (SSSR count). The molecule has 0 radical (unpaired) electrons. The molecular formula is C16H25NO3. The zero-order valence-corrected chi connectivity index (χ0v) is 12.4. The van der Waals surface area contributed by atoms with Gasteiger partial charge < -0.3 is 15.2 Å². The molecule has 0 aromatic heterocycles. The highest BCUT2D eigenvalue weighted by Gasteiger charge is 2.12. The predicted molar refractivity (Wildman–Crippen MR) is 79.6 cm³/mol. The summed E-state index contributed by atoms with van der Waals surface area (Å²) in [5.74, 6) is 0.577. The van der Waals surface area contributed by atoms with Crippen LogP contribution < -0.4 is 10.5 Å². The van der Waals surface area contributed by atoms with Crippen molar-refractivity contribution in [3.8, 4) is 5.75 Å². The van der Waals surface area contributed by atoms with Crippen LogP contribution in [0.3, 0.4) is 0 Å². The van der Waals surface area contributed by atoms with Gasteiger partial charge in [0.25, 0.3) is 0 Å². The highest BCUT2D eigenvalue weighted by Crippen LogP contribution is 2.19. The van der Waals surface area contributed by atoms with Crippen LogP contribution in [0.25, 0.3) is 0 Å². The monoisotopic (exact) mass is 279 g/mol. The van der Waals surface area contributed by atoms with E-state index in [4.69, 9.17) is 15.2 Å². The molecule has 0 aliphatic rings. The average molecular weight is 279 g/mol. The van der Waals surface area contributed by atoms with Crippen molar-refractivity contribution in [2.24, 2.45) is 5.73 Å². The highest BCUT2D eigenvalue weighted by atomic mass is 16.5. The van der Waals surface area contributed by atoms with E-state index in [1.165, 1.54) is 12.8 Å². The number of rotatable bonds is 9. The third kappa shape index (κ3) is 6.06. The number of esters is 1. The van der Waals surface area contributed by atoms with E-state index in [1.54, 1.807) is 6.92 Å². The maximum Gasteiger partial charge on any atom is 0.307 e. The minimum absolute atomic E-state index is 0.199. The van der Waals surface area contributed by atoms with Crippen LogP contribution in [0.1, 0.15) is 51.1 Å². The zero-order valence-electron chi connectivity index (χ0n) is 12.4. The second kappa shape index (κ2) is 9.37. The Morgan fingerprint density at radius 3 is 2.50 bits per heavy atom. The highest BCUT2D eigenvalue weighted by molar-refractivity contribution is 5.70. The Bertz CT molecular complexity index is 389. The quantitative estimate of drug-likeness (QED) is 0.557. The number of benzene rings is 1. The fraction of sp³-hybridized carbons (Fsp3) is 0.562. The van der Waals surface area contributed by atoms with Gasteiger partial charge in [0.2, 0.25) is 0 Å². The third-order valence-corrected chi connectivity index (χ3v) is 3.02. The van der Waals surface area contributed by atoms with Gasteiger partial charge in [-0.2, -0.15) is 0 Å². The van der Waals surface area contributed by atoms with Crippen LogP contribution in [-0.2, 0) is 9.53 Å². The third-order valence-electron chi connectivity index (χ3n) is 3.02. The fourth-order valence-electron chi connectivity index (χ4n) is 1.87. The molecule has 0 saturated carbocycles. The number of carbonyl (C=O) groups is 1. The molecule has 4 nitrogen and oxygen atoms in total. The van der Waals surface area contributed by atoms with Gasteiger partial charge in [0.15, 0.2) is 0 Å². The van der Waals surface area contributed by atoms with Crippen LogP contribution in [0.4, 0.5) is 0 Å². The summed E-state index contributed by atoms with van der Waals surface area (Å²) in [7, 11) is 0. The van der Waals surface area contributed by atoms with Gasteiger partial charge in [0, 0.05) is 6.04 Å². The number of nitrogens with two attached hydrogens (primary N) is 1. The molecule has 0 aliphatic heterocycles. The molecule has 2 N–H and O–H groups in total. The summed E-state index contributed by atoms with van der Waals surface area (Å²) in [5, 5.41) is 0. The molecule has 0 aliphatic carbocycles. The van der Waals surface area contributed by atoms with Crippen LogP contribution in [0.15, 0.2) is 24.3 Å². The van der Waals surface area contributed by atoms with Gasteiger partial charge in [-0.15, -0.1) is 0 Å². The van der Waals surface area contributed by atoms with Crippen molar-refractivity contribution in [1.82, 2.24) is 0 Å². The van der Waals surface area contributed by atoms with E-state index < -0.39 is 0 Å². The van der Waals surface area contributed by atoms with E-state index in [2.05, 4.69) is 6.92 Å². The number of hydrogen-bond acceptors (Lipinski definition) is 4. The average Bonchev–Trinajstić information content (AvgIpc) is 2.44. The molecule has 4 heteroatoms. The smallest absolute Gasteiger partial charge is 0.307 e. The molecule has 112 valence electrons. The molecule has 0 bridgehead atoms. The van der Waals surface area contributed by atoms with Crippen LogP contribution in [0.5, 0.6) is 5.75 Å². The Kier molecular flexibility index (Phi) is 7.73. The molecule has 0 unspecified atom stereocenters. The fourth-order valence-corrected chi connectivity index (χ4v) is 1.87. The van der Waals surface area contributed by atoms with E-state index in [-0.39, 0.29) is 18.4 Å². The summed E-state index contributed by atoms with van der Waals surface area (Å²) in [5.41, 5.74) is 6.89. The normalized spacial score (nSPS) is 11.9. The summed E-state index contributed by atoms with van der Waals surface area (Å²) in [6.45, 7) is 5.08. The van der Waals surface area contributed by atoms with Gasteiger partial charge in [0.1, 0.15) is 5.75 Å². The molecule has 0 spiro atoms. The first-order valence-electron chi connectivity index (χ1n) is 7.31. The van der Waals surface area contributed by atoms with E-state index in [1.807, 2.05) is 24.3 Å². The van der Waals surface area contributed by atoms with Crippen molar-refractivity contribution in [1.29, 1.82) is 0 Å². The molecule has 0 fully saturated rings. The first-order chi connectivity index (χ1) is 9.67. The first-order valence-corrected chi connectivity index (χ1v) is 7.31. The lowest BCUT2D eigenvalue weighted by atomic mass is 10.0. The van der Waals surface area contributed by atoms with Gasteiger partial charge in [-0.3, -0.25) is 4.79 Å². The van der Waals surface area contributed by atoms with E-state index >= 15 is 0 Å². The lowest BCUT2D eigenvalue weighted by molar-refractivity contribution is -0.143. The van der Waals surface area contributed by atoms with E-state index in [0.29, 0.717) is 6.61 Å². The summed E-state index contributed by atoms with van der Waals surface area (Å²) in [6.07, 6.45) is 3.64. The largest absolute Gasteiger partial charge is 0.494 e. The van der Waals surface area contributed by atoms with Gasteiger partial charge in [0.05, 0.1) is 19.6 Å². The van der Waals surface area contributed by atoms with Gasteiger partial charge >= 0.3 is 5.97 Å². The molecule has 20 heavy (non-hydrogen) atoms. The zero-order chi connectivity index (χ0) is 14.8. The van der Waals surface area contributed by atoms with Crippen LogP contribution in [0, 0.1) is 0 Å². The summed E-state index contributed by atoms with van der Waals surface area (Å²) in [6, 6.07) is 7.26. The number of hydrogen-bond donors (Lipinski definition) is 1. The maximum atomic E-state index is 11.4. The lowest BCUT2D eigenvalue weighted by Gasteiger charge is -2.12. The molecule has 1 aromatic rings. The van der Waals surface area contributed by atoms with Crippen LogP contribution in [0.2, 0.25) is 0 Å². The standard InChI is InChI=1S/C16H25NO3/c1-3-5-6-11-20-14-9-7-13(8-10-14)15(17)12-16(18)19-4-2/h7-10,15H,3-6,11-12,17H2,1-2H3/t15-/m1/s1. The molecule has 1 aromatic carbocycles. The molecule has 1 atom stereocenters. The van der Waals surface area contributed by atoms with Crippen molar-refractivity contribution in [3.05, 3.63) is 29.8 Å². The Morgan fingerprint density at radius 2 is 1.90 bits per heavy atom. The minimum Gasteiger partial charge on any atom is -0.494 e. The van der Waals surface area contributed by atoms with Crippen molar-refractivity contribution in [3.63, 3.8) is 0 Å². The molecule has 0 heterocycles. The lowest BCUT2D eigenvalue weighted by Crippen LogP contribution is -2.17. The number of unbranched alkanes of at least 4 members (excludes halogenated alkanes) is 2. The summed E-state index contributed by atoms with van der Waals surface area (Å²) >= 11 is 0. The molecule has 0 saturated heterocycles. The van der Waals surface area contributed by atoms with Crippen molar-refractivity contribution < 1.29 is 14.3 Å². The van der Waals surface area contributed by atoms with Crippen LogP contribution >= 0.6 is 0 Å². The summed E-state index contributed by atoms with van der Waals surface area (Å²) in [4.78, 5) is 11.4. The van der Waals surface area contributed by atoms with Gasteiger partial charge in [-0.25, -0.2) is 0 Å². The van der Waals surface area contributed by atoms with Gasteiger partial charge in [-0.1, -0.05) is 31.9 Å². The first kappa shape index (κ1) is 16.5. The number of ether oxygens (including phenoxy) is 2. The van der Waals surface area contributed by atoms with Crippen molar-refractivity contribution >= 4 is 5.97 Å². The molecule has 0 amide bonds. The Hall–Kier alpha value is -1.55. The Morgan fingerprint density at radius 1 is 1.20 bits per heavy atom. The SMILES string of the molecule is CCCCCOc1ccc([C@H](N)CC(=O)OCC)cc1.